The van der Waals surface area contributed by atoms with Gasteiger partial charge in [-0.3, -0.25) is 11.3 Å². The van der Waals surface area contributed by atoms with E-state index in [1.54, 1.807) is 6.07 Å². The van der Waals surface area contributed by atoms with Crippen LogP contribution in [0.1, 0.15) is 51.0 Å². The predicted octanol–water partition coefficient (Wildman–Crippen LogP) is 4.46. The summed E-state index contributed by atoms with van der Waals surface area (Å²) in [4.78, 5) is 0. The Bertz CT molecular complexity index is 444. The molecule has 1 aliphatic carbocycles. The van der Waals surface area contributed by atoms with E-state index in [0.29, 0.717) is 12.3 Å². The van der Waals surface area contributed by atoms with Crippen LogP contribution in [-0.2, 0) is 6.42 Å². The molecular formula is C17H26ClFN2. The van der Waals surface area contributed by atoms with Crippen LogP contribution < -0.4 is 11.3 Å². The van der Waals surface area contributed by atoms with Crippen molar-refractivity contribution in [1.82, 2.24) is 5.43 Å². The lowest BCUT2D eigenvalue weighted by atomic mass is 9.76. The van der Waals surface area contributed by atoms with Gasteiger partial charge in [-0.25, -0.2) is 4.39 Å². The van der Waals surface area contributed by atoms with Crippen molar-refractivity contribution in [3.8, 4) is 0 Å². The zero-order valence-corrected chi connectivity index (χ0v) is 13.5. The highest BCUT2D eigenvalue weighted by Gasteiger charge is 2.27. The number of hydrazine groups is 1. The van der Waals surface area contributed by atoms with Gasteiger partial charge in [-0.2, -0.15) is 0 Å². The van der Waals surface area contributed by atoms with Crippen molar-refractivity contribution in [2.24, 2.45) is 17.7 Å². The summed E-state index contributed by atoms with van der Waals surface area (Å²) in [7, 11) is 0. The Balaban J connectivity index is 1.96. The molecule has 4 heteroatoms. The second-order valence-electron chi connectivity index (χ2n) is 6.26. The summed E-state index contributed by atoms with van der Waals surface area (Å²) >= 11 is 6.05. The van der Waals surface area contributed by atoms with Crippen LogP contribution in [0.25, 0.3) is 0 Å². The number of benzene rings is 1. The van der Waals surface area contributed by atoms with E-state index in [4.69, 9.17) is 17.4 Å². The first-order valence-corrected chi connectivity index (χ1v) is 8.42. The van der Waals surface area contributed by atoms with E-state index >= 15 is 0 Å². The van der Waals surface area contributed by atoms with Gasteiger partial charge in [0, 0.05) is 6.04 Å². The molecule has 21 heavy (non-hydrogen) atoms. The van der Waals surface area contributed by atoms with Gasteiger partial charge in [-0.1, -0.05) is 56.3 Å². The van der Waals surface area contributed by atoms with Crippen LogP contribution in [-0.4, -0.2) is 6.04 Å². The minimum atomic E-state index is -0.350. The molecule has 1 aromatic rings. The number of hydrogen-bond donors (Lipinski definition) is 2. The summed E-state index contributed by atoms with van der Waals surface area (Å²) in [6, 6.07) is 5.17. The Morgan fingerprint density at radius 2 is 2.05 bits per heavy atom. The Hall–Kier alpha value is -0.640. The monoisotopic (exact) mass is 312 g/mol. The molecule has 1 fully saturated rings. The summed E-state index contributed by atoms with van der Waals surface area (Å²) in [6.45, 7) is 2.25. The summed E-state index contributed by atoms with van der Waals surface area (Å²) in [5.41, 5.74) is 3.78. The van der Waals surface area contributed by atoms with E-state index in [1.165, 1.54) is 44.6 Å². The van der Waals surface area contributed by atoms with Gasteiger partial charge in [-0.15, -0.1) is 0 Å². The van der Waals surface area contributed by atoms with Crippen molar-refractivity contribution < 1.29 is 4.39 Å². The van der Waals surface area contributed by atoms with E-state index in [0.717, 1.165) is 11.5 Å². The summed E-state index contributed by atoms with van der Waals surface area (Å²) < 4.78 is 13.5. The summed E-state index contributed by atoms with van der Waals surface area (Å²) in [6.07, 6.45) is 8.27. The molecule has 1 saturated carbocycles. The van der Waals surface area contributed by atoms with Gasteiger partial charge in [0.05, 0.1) is 5.02 Å². The zero-order chi connectivity index (χ0) is 15.2. The Morgan fingerprint density at radius 3 is 2.67 bits per heavy atom. The zero-order valence-electron chi connectivity index (χ0n) is 12.7. The fourth-order valence-corrected chi connectivity index (χ4v) is 3.80. The number of nitrogens with two attached hydrogens (primary N) is 1. The van der Waals surface area contributed by atoms with Crippen LogP contribution >= 0.6 is 11.6 Å². The second-order valence-corrected chi connectivity index (χ2v) is 6.64. The molecule has 0 amide bonds. The molecule has 1 atom stereocenters. The summed E-state index contributed by atoms with van der Waals surface area (Å²) in [5.74, 6) is 6.83. The fourth-order valence-electron chi connectivity index (χ4n) is 3.59. The molecule has 2 rings (SSSR count). The molecule has 0 aliphatic heterocycles. The largest absolute Gasteiger partial charge is 0.271 e. The van der Waals surface area contributed by atoms with Crippen molar-refractivity contribution in [3.63, 3.8) is 0 Å². The van der Waals surface area contributed by atoms with Crippen LogP contribution in [0.5, 0.6) is 0 Å². The van der Waals surface area contributed by atoms with E-state index in [2.05, 4.69) is 12.3 Å². The highest BCUT2D eigenvalue weighted by atomic mass is 35.5. The SMILES string of the molecule is CCCC1CCC(C(Cc2cccc(F)c2Cl)NN)CC1. The third-order valence-electron chi connectivity index (χ3n) is 4.84. The van der Waals surface area contributed by atoms with E-state index < -0.39 is 0 Å². The first-order valence-electron chi connectivity index (χ1n) is 8.04. The molecule has 0 radical (unpaired) electrons. The average Bonchev–Trinajstić information content (AvgIpc) is 2.50. The standard InChI is InChI=1S/C17H26ClFN2/c1-2-4-12-7-9-13(10-8-12)16(21-20)11-14-5-3-6-15(19)17(14)18/h3,5-6,12-13,16,21H,2,4,7-11,20H2,1H3. The van der Waals surface area contributed by atoms with Crippen molar-refractivity contribution in [1.29, 1.82) is 0 Å². The van der Waals surface area contributed by atoms with Crippen molar-refractivity contribution in [3.05, 3.63) is 34.6 Å². The average molecular weight is 313 g/mol. The van der Waals surface area contributed by atoms with Gasteiger partial charge in [0.2, 0.25) is 0 Å². The van der Waals surface area contributed by atoms with Crippen LogP contribution in [0.4, 0.5) is 4.39 Å². The summed E-state index contributed by atoms with van der Waals surface area (Å²) in [5, 5.41) is 0.234. The lowest BCUT2D eigenvalue weighted by Crippen LogP contribution is -2.43. The minimum Gasteiger partial charge on any atom is -0.271 e. The molecule has 1 aliphatic rings. The molecule has 2 nitrogen and oxygen atoms in total. The molecule has 118 valence electrons. The number of halogens is 2. The third kappa shape index (κ3) is 4.41. The van der Waals surface area contributed by atoms with Crippen LogP contribution in [0.15, 0.2) is 18.2 Å². The van der Waals surface area contributed by atoms with Gasteiger partial charge in [0.15, 0.2) is 0 Å². The van der Waals surface area contributed by atoms with Crippen LogP contribution in [0.3, 0.4) is 0 Å². The molecule has 1 unspecified atom stereocenters. The van der Waals surface area contributed by atoms with Gasteiger partial charge in [-0.05, 0) is 42.7 Å². The van der Waals surface area contributed by atoms with E-state index in [-0.39, 0.29) is 16.9 Å². The molecule has 0 heterocycles. The van der Waals surface area contributed by atoms with Gasteiger partial charge < -0.3 is 0 Å². The smallest absolute Gasteiger partial charge is 0.142 e. The molecule has 1 aromatic carbocycles. The molecule has 0 aromatic heterocycles. The van der Waals surface area contributed by atoms with Crippen molar-refractivity contribution in [2.45, 2.75) is 57.9 Å². The van der Waals surface area contributed by atoms with Crippen molar-refractivity contribution in [2.75, 3.05) is 0 Å². The highest BCUT2D eigenvalue weighted by molar-refractivity contribution is 6.31. The maximum Gasteiger partial charge on any atom is 0.142 e. The maximum atomic E-state index is 13.5. The lowest BCUT2D eigenvalue weighted by molar-refractivity contribution is 0.213. The van der Waals surface area contributed by atoms with E-state index in [1.807, 2.05) is 6.07 Å². The molecule has 0 spiro atoms. The lowest BCUT2D eigenvalue weighted by Gasteiger charge is -2.33. The number of nitrogens with one attached hydrogen (secondary N) is 1. The van der Waals surface area contributed by atoms with Crippen molar-refractivity contribution >= 4 is 11.6 Å². The Labute approximate surface area is 132 Å². The first kappa shape index (κ1) is 16.7. The first-order chi connectivity index (χ1) is 10.2. The molecule has 0 bridgehead atoms. The molecule has 3 N–H and O–H groups in total. The topological polar surface area (TPSA) is 38.0 Å². The van der Waals surface area contributed by atoms with Gasteiger partial charge >= 0.3 is 0 Å². The second kappa shape index (κ2) is 8.11. The highest BCUT2D eigenvalue weighted by Crippen LogP contribution is 2.34. The number of rotatable bonds is 6. The predicted molar refractivity (Wildman–Crippen MR) is 86.6 cm³/mol. The number of hydrogen-bond acceptors (Lipinski definition) is 2. The Morgan fingerprint density at radius 1 is 1.33 bits per heavy atom. The van der Waals surface area contributed by atoms with E-state index in [9.17, 15) is 4.39 Å². The van der Waals surface area contributed by atoms with Crippen LogP contribution in [0.2, 0.25) is 5.02 Å². The fraction of sp³-hybridized carbons (Fsp3) is 0.647. The molecule has 0 saturated heterocycles. The molecular weight excluding hydrogens is 287 g/mol. The van der Waals surface area contributed by atoms with Gasteiger partial charge in [0.1, 0.15) is 5.82 Å². The third-order valence-corrected chi connectivity index (χ3v) is 5.27. The van der Waals surface area contributed by atoms with Crippen LogP contribution in [0, 0.1) is 17.7 Å². The normalized spacial score (nSPS) is 24.0. The quantitative estimate of drug-likeness (QED) is 0.601. The maximum absolute atomic E-state index is 13.5. The Kier molecular flexibility index (Phi) is 6.46. The van der Waals surface area contributed by atoms with Gasteiger partial charge in [0.25, 0.3) is 0 Å². The minimum absolute atomic E-state index is 0.173.